The number of rotatable bonds is 4. The fourth-order valence-electron chi connectivity index (χ4n) is 2.41. The van der Waals surface area contributed by atoms with E-state index in [0.29, 0.717) is 6.54 Å². The first-order valence-corrected chi connectivity index (χ1v) is 7.67. The number of hydrogen-bond donors (Lipinski definition) is 1. The number of aromatic nitrogens is 2. The second-order valence-corrected chi connectivity index (χ2v) is 5.96. The topological polar surface area (TPSA) is 49.2 Å². The molecule has 3 rings (SSSR count). The van der Waals surface area contributed by atoms with Crippen molar-refractivity contribution in [1.82, 2.24) is 9.97 Å². The molecule has 2 aromatic heterocycles. The van der Waals surface area contributed by atoms with Crippen molar-refractivity contribution in [2.45, 2.75) is 13.0 Å². The molecule has 108 valence electrons. The van der Waals surface area contributed by atoms with Crippen LogP contribution in [-0.4, -0.2) is 28.7 Å². The summed E-state index contributed by atoms with van der Waals surface area (Å²) in [6, 6.07) is 9.69. The molecule has 0 aliphatic carbocycles. The van der Waals surface area contributed by atoms with Crippen molar-refractivity contribution < 1.29 is 5.11 Å². The highest BCUT2D eigenvalue weighted by Gasteiger charge is 2.16. The first-order valence-electron chi connectivity index (χ1n) is 6.79. The summed E-state index contributed by atoms with van der Waals surface area (Å²) in [5.41, 5.74) is 2.09. The first-order chi connectivity index (χ1) is 10.2. The van der Waals surface area contributed by atoms with Gasteiger partial charge in [-0.3, -0.25) is 0 Å². The maximum absolute atomic E-state index is 10.4. The summed E-state index contributed by atoms with van der Waals surface area (Å²) >= 11 is 1.62. The van der Waals surface area contributed by atoms with E-state index >= 15 is 0 Å². The highest BCUT2D eigenvalue weighted by molar-refractivity contribution is 7.17. The van der Waals surface area contributed by atoms with Crippen molar-refractivity contribution in [3.63, 3.8) is 0 Å². The number of thiophene rings is 1. The van der Waals surface area contributed by atoms with E-state index in [1.807, 2.05) is 42.3 Å². The van der Waals surface area contributed by atoms with Gasteiger partial charge in [-0.2, -0.15) is 0 Å². The summed E-state index contributed by atoms with van der Waals surface area (Å²) < 4.78 is 0. The molecular formula is C16H17N3OS. The highest BCUT2D eigenvalue weighted by atomic mass is 32.1. The first kappa shape index (κ1) is 14.0. The van der Waals surface area contributed by atoms with Crippen molar-refractivity contribution in [3.05, 3.63) is 53.2 Å². The molecule has 2 heterocycles. The van der Waals surface area contributed by atoms with E-state index in [1.54, 1.807) is 17.7 Å². The van der Waals surface area contributed by atoms with Crippen molar-refractivity contribution in [2.75, 3.05) is 18.5 Å². The standard InChI is InChI=1S/C16H17N3OS/c1-11-9-21-16-14(11)15(17-10-18-16)19(2)8-13(20)12-6-4-3-5-7-12/h3-7,9-10,13,20H,8H2,1-2H3. The van der Waals surface area contributed by atoms with E-state index in [4.69, 9.17) is 0 Å². The Balaban J connectivity index is 1.87. The van der Waals surface area contributed by atoms with Gasteiger partial charge in [-0.15, -0.1) is 11.3 Å². The lowest BCUT2D eigenvalue weighted by molar-refractivity contribution is 0.185. The number of nitrogens with zero attached hydrogens (tertiary/aromatic N) is 3. The Morgan fingerprint density at radius 1 is 1.24 bits per heavy atom. The normalized spacial score (nSPS) is 12.5. The number of aliphatic hydroxyl groups excluding tert-OH is 1. The predicted molar refractivity (Wildman–Crippen MR) is 86.8 cm³/mol. The molecule has 4 nitrogen and oxygen atoms in total. The Kier molecular flexibility index (Phi) is 3.86. The molecule has 1 unspecified atom stereocenters. The largest absolute Gasteiger partial charge is 0.387 e. The third kappa shape index (κ3) is 2.75. The molecule has 0 bridgehead atoms. The lowest BCUT2D eigenvalue weighted by Crippen LogP contribution is -2.25. The monoisotopic (exact) mass is 299 g/mol. The van der Waals surface area contributed by atoms with Gasteiger partial charge in [0.05, 0.1) is 11.5 Å². The van der Waals surface area contributed by atoms with E-state index in [0.717, 1.165) is 21.6 Å². The van der Waals surface area contributed by atoms with Gasteiger partial charge in [0.1, 0.15) is 17.0 Å². The molecule has 0 saturated carbocycles. The Labute approximate surface area is 127 Å². The fourth-order valence-corrected chi connectivity index (χ4v) is 3.30. The minimum Gasteiger partial charge on any atom is -0.387 e. The minimum atomic E-state index is -0.542. The molecule has 0 fully saturated rings. The summed E-state index contributed by atoms with van der Waals surface area (Å²) in [4.78, 5) is 11.7. The number of aliphatic hydroxyl groups is 1. The van der Waals surface area contributed by atoms with E-state index in [9.17, 15) is 5.11 Å². The Bertz CT molecular complexity index is 742. The van der Waals surface area contributed by atoms with Crippen LogP contribution >= 0.6 is 11.3 Å². The van der Waals surface area contributed by atoms with E-state index in [1.165, 1.54) is 5.56 Å². The molecule has 0 aliphatic rings. The molecule has 0 amide bonds. The zero-order chi connectivity index (χ0) is 14.8. The zero-order valence-electron chi connectivity index (χ0n) is 12.0. The number of likely N-dealkylation sites (N-methyl/N-ethyl adjacent to an activating group) is 1. The zero-order valence-corrected chi connectivity index (χ0v) is 12.8. The van der Waals surface area contributed by atoms with Crippen LogP contribution in [0.25, 0.3) is 10.2 Å². The van der Waals surface area contributed by atoms with Gasteiger partial charge in [-0.25, -0.2) is 9.97 Å². The summed E-state index contributed by atoms with van der Waals surface area (Å²) in [6.07, 6.45) is 1.04. The smallest absolute Gasteiger partial charge is 0.140 e. The number of aryl methyl sites for hydroxylation is 1. The molecule has 1 N–H and O–H groups in total. The second kappa shape index (κ2) is 5.79. The second-order valence-electron chi connectivity index (χ2n) is 5.10. The Hall–Kier alpha value is -1.98. The Morgan fingerprint density at radius 3 is 2.76 bits per heavy atom. The fraction of sp³-hybridized carbons (Fsp3) is 0.250. The molecule has 3 aromatic rings. The summed E-state index contributed by atoms with van der Waals surface area (Å²) in [7, 11) is 1.95. The van der Waals surface area contributed by atoms with Crippen molar-refractivity contribution >= 4 is 27.4 Å². The van der Waals surface area contributed by atoms with Crippen LogP contribution in [0, 0.1) is 6.92 Å². The van der Waals surface area contributed by atoms with E-state index < -0.39 is 6.10 Å². The maximum Gasteiger partial charge on any atom is 0.140 e. The molecule has 21 heavy (non-hydrogen) atoms. The van der Waals surface area contributed by atoms with Gasteiger partial charge in [0.15, 0.2) is 0 Å². The van der Waals surface area contributed by atoms with Crippen LogP contribution in [0.4, 0.5) is 5.82 Å². The van der Waals surface area contributed by atoms with Crippen LogP contribution in [0.2, 0.25) is 0 Å². The lowest BCUT2D eigenvalue weighted by atomic mass is 10.1. The van der Waals surface area contributed by atoms with Gasteiger partial charge < -0.3 is 10.0 Å². The maximum atomic E-state index is 10.4. The molecule has 1 atom stereocenters. The quantitative estimate of drug-likeness (QED) is 0.804. The lowest BCUT2D eigenvalue weighted by Gasteiger charge is -2.22. The van der Waals surface area contributed by atoms with Crippen molar-refractivity contribution in [2.24, 2.45) is 0 Å². The van der Waals surface area contributed by atoms with Gasteiger partial charge in [0.25, 0.3) is 0 Å². The molecular weight excluding hydrogens is 282 g/mol. The van der Waals surface area contributed by atoms with Gasteiger partial charge in [-0.05, 0) is 23.4 Å². The predicted octanol–water partition coefficient (Wildman–Crippen LogP) is 3.17. The van der Waals surface area contributed by atoms with Crippen LogP contribution in [0.1, 0.15) is 17.2 Å². The molecule has 0 aliphatic heterocycles. The van der Waals surface area contributed by atoms with Gasteiger partial charge in [0.2, 0.25) is 0 Å². The number of anilines is 1. The molecule has 0 saturated heterocycles. The van der Waals surface area contributed by atoms with Crippen LogP contribution in [-0.2, 0) is 0 Å². The van der Waals surface area contributed by atoms with Crippen LogP contribution in [0.3, 0.4) is 0 Å². The molecule has 0 radical (unpaired) electrons. The van der Waals surface area contributed by atoms with E-state index in [-0.39, 0.29) is 0 Å². The van der Waals surface area contributed by atoms with Crippen molar-refractivity contribution in [3.8, 4) is 0 Å². The third-order valence-electron chi connectivity index (χ3n) is 3.53. The van der Waals surface area contributed by atoms with Crippen molar-refractivity contribution in [1.29, 1.82) is 0 Å². The number of hydrogen-bond acceptors (Lipinski definition) is 5. The summed E-state index contributed by atoms with van der Waals surface area (Å²) in [5.74, 6) is 0.869. The SMILES string of the molecule is Cc1csc2ncnc(N(C)CC(O)c3ccccc3)c12. The van der Waals surface area contributed by atoms with Gasteiger partial charge in [-0.1, -0.05) is 30.3 Å². The van der Waals surface area contributed by atoms with Gasteiger partial charge >= 0.3 is 0 Å². The van der Waals surface area contributed by atoms with E-state index in [2.05, 4.69) is 22.3 Å². The van der Waals surface area contributed by atoms with Crippen LogP contribution in [0.5, 0.6) is 0 Å². The van der Waals surface area contributed by atoms with Crippen LogP contribution in [0.15, 0.2) is 42.0 Å². The summed E-state index contributed by atoms with van der Waals surface area (Å²) in [5, 5.41) is 13.5. The molecule has 5 heteroatoms. The average molecular weight is 299 g/mol. The minimum absolute atomic E-state index is 0.491. The van der Waals surface area contributed by atoms with Gasteiger partial charge in [0, 0.05) is 13.6 Å². The number of benzene rings is 1. The van der Waals surface area contributed by atoms with Crippen LogP contribution < -0.4 is 4.90 Å². The Morgan fingerprint density at radius 2 is 2.00 bits per heavy atom. The third-order valence-corrected chi connectivity index (χ3v) is 4.53. The number of fused-ring (bicyclic) bond motifs is 1. The molecule has 1 aromatic carbocycles. The molecule has 0 spiro atoms. The highest BCUT2D eigenvalue weighted by Crippen LogP contribution is 2.30. The average Bonchev–Trinajstić information content (AvgIpc) is 2.90. The summed E-state index contributed by atoms with van der Waals surface area (Å²) in [6.45, 7) is 2.55.